The molecule has 0 unspecified atom stereocenters. The van der Waals surface area contributed by atoms with Gasteiger partial charge in [0.05, 0.1) is 24.0 Å². The van der Waals surface area contributed by atoms with Crippen molar-refractivity contribution in [3.63, 3.8) is 0 Å². The van der Waals surface area contributed by atoms with Crippen molar-refractivity contribution in [1.82, 2.24) is 9.88 Å². The molecule has 29 heavy (non-hydrogen) atoms. The van der Waals surface area contributed by atoms with Crippen molar-refractivity contribution in [1.29, 1.82) is 0 Å². The van der Waals surface area contributed by atoms with Crippen molar-refractivity contribution in [2.75, 3.05) is 13.1 Å². The van der Waals surface area contributed by atoms with E-state index in [0.717, 1.165) is 23.0 Å². The van der Waals surface area contributed by atoms with E-state index >= 15 is 0 Å². The highest BCUT2D eigenvalue weighted by Crippen LogP contribution is 2.29. The van der Waals surface area contributed by atoms with E-state index in [4.69, 9.17) is 4.74 Å². The van der Waals surface area contributed by atoms with Crippen molar-refractivity contribution in [3.05, 3.63) is 71.8 Å². The average molecular weight is 400 g/mol. The lowest BCUT2D eigenvalue weighted by atomic mass is 10.1. The van der Waals surface area contributed by atoms with Crippen LogP contribution in [0.5, 0.6) is 5.88 Å². The zero-order valence-corrected chi connectivity index (χ0v) is 15.5. The molecule has 150 valence electrons. The first-order valence-corrected chi connectivity index (χ1v) is 9.35. The number of carbonyl (C=O) groups excluding carboxylic acids is 1. The summed E-state index contributed by atoms with van der Waals surface area (Å²) in [6.07, 6.45) is -3.77. The monoisotopic (exact) mass is 400 g/mol. The summed E-state index contributed by atoms with van der Waals surface area (Å²) < 4.78 is 43.9. The van der Waals surface area contributed by atoms with Gasteiger partial charge in [-0.25, -0.2) is 4.98 Å². The van der Waals surface area contributed by atoms with Crippen LogP contribution < -0.4 is 4.74 Å². The predicted octanol–water partition coefficient (Wildman–Crippen LogP) is 4.48. The molecule has 1 aromatic heterocycles. The number of amides is 1. The second kappa shape index (κ2) is 7.73. The van der Waals surface area contributed by atoms with Crippen LogP contribution in [0.3, 0.4) is 0 Å². The molecule has 1 amide bonds. The second-order valence-corrected chi connectivity index (χ2v) is 7.08. The molecule has 0 bridgehead atoms. The van der Waals surface area contributed by atoms with E-state index in [0.29, 0.717) is 31.0 Å². The number of fused-ring (bicyclic) bond motifs is 1. The lowest BCUT2D eigenvalue weighted by Gasteiger charge is -2.17. The largest absolute Gasteiger partial charge is 0.472 e. The third-order valence-corrected chi connectivity index (χ3v) is 4.99. The second-order valence-electron chi connectivity index (χ2n) is 7.08. The maximum absolute atomic E-state index is 12.6. The number of carbonyl (C=O) groups is 1. The standard InChI is InChI=1S/C22H19F3N2O2/c23-22(24,25)17-8-5-15(6-9-17)13-21(28)27-12-11-18(14-27)29-20-10-7-16-3-1-2-4-19(16)26-20/h1-10,18H,11-14H2/t18-/m0/s1. The first-order chi connectivity index (χ1) is 13.9. The van der Waals surface area contributed by atoms with Gasteiger partial charge in [-0.3, -0.25) is 4.79 Å². The smallest absolute Gasteiger partial charge is 0.416 e. The summed E-state index contributed by atoms with van der Waals surface area (Å²) in [5, 5.41) is 1.03. The van der Waals surface area contributed by atoms with E-state index in [-0.39, 0.29) is 18.4 Å². The topological polar surface area (TPSA) is 42.4 Å². The van der Waals surface area contributed by atoms with Crippen molar-refractivity contribution in [3.8, 4) is 5.88 Å². The van der Waals surface area contributed by atoms with Crippen LogP contribution in [0.25, 0.3) is 10.9 Å². The number of benzene rings is 2. The SMILES string of the molecule is O=C(Cc1ccc(C(F)(F)F)cc1)N1CC[C@H](Oc2ccc3ccccc3n2)C1. The highest BCUT2D eigenvalue weighted by molar-refractivity contribution is 5.79. The van der Waals surface area contributed by atoms with Gasteiger partial charge in [0.2, 0.25) is 11.8 Å². The van der Waals surface area contributed by atoms with Gasteiger partial charge in [0.1, 0.15) is 6.10 Å². The van der Waals surface area contributed by atoms with Crippen molar-refractivity contribution in [2.45, 2.75) is 25.1 Å². The van der Waals surface area contributed by atoms with Gasteiger partial charge in [-0.1, -0.05) is 30.3 Å². The van der Waals surface area contributed by atoms with Gasteiger partial charge in [0.15, 0.2) is 0 Å². The fraction of sp³-hybridized carbons (Fsp3) is 0.273. The van der Waals surface area contributed by atoms with Gasteiger partial charge >= 0.3 is 6.18 Å². The number of likely N-dealkylation sites (tertiary alicyclic amines) is 1. The van der Waals surface area contributed by atoms with Crippen LogP contribution in [0.15, 0.2) is 60.7 Å². The minimum atomic E-state index is -4.38. The number of ether oxygens (including phenoxy) is 1. The molecule has 0 saturated carbocycles. The van der Waals surface area contributed by atoms with Crippen LogP contribution in [-0.2, 0) is 17.4 Å². The number of pyridine rings is 1. The van der Waals surface area contributed by atoms with E-state index in [1.807, 2.05) is 36.4 Å². The highest BCUT2D eigenvalue weighted by atomic mass is 19.4. The molecule has 4 nitrogen and oxygen atoms in total. The Labute approximate surface area is 165 Å². The number of rotatable bonds is 4. The molecule has 1 aliphatic rings. The first kappa shape index (κ1) is 19.2. The van der Waals surface area contributed by atoms with E-state index in [2.05, 4.69) is 4.98 Å². The Balaban J connectivity index is 1.34. The van der Waals surface area contributed by atoms with Gasteiger partial charge in [-0.15, -0.1) is 0 Å². The zero-order valence-electron chi connectivity index (χ0n) is 15.5. The fourth-order valence-corrected chi connectivity index (χ4v) is 3.43. The molecule has 3 aromatic rings. The Morgan fingerprint density at radius 2 is 1.83 bits per heavy atom. The Bertz CT molecular complexity index is 1020. The van der Waals surface area contributed by atoms with Crippen molar-refractivity contribution in [2.24, 2.45) is 0 Å². The molecular weight excluding hydrogens is 381 g/mol. The van der Waals surface area contributed by atoms with E-state index in [1.54, 1.807) is 4.90 Å². The molecule has 4 rings (SSSR count). The number of para-hydroxylation sites is 1. The highest BCUT2D eigenvalue weighted by Gasteiger charge is 2.31. The average Bonchev–Trinajstić information content (AvgIpc) is 3.16. The Morgan fingerprint density at radius 3 is 2.59 bits per heavy atom. The lowest BCUT2D eigenvalue weighted by Crippen LogP contribution is -2.32. The molecule has 2 aromatic carbocycles. The van der Waals surface area contributed by atoms with E-state index < -0.39 is 11.7 Å². The van der Waals surface area contributed by atoms with Crippen LogP contribution in [-0.4, -0.2) is 35.0 Å². The Morgan fingerprint density at radius 1 is 1.07 bits per heavy atom. The number of hydrogen-bond acceptors (Lipinski definition) is 3. The quantitative estimate of drug-likeness (QED) is 0.649. The summed E-state index contributed by atoms with van der Waals surface area (Å²) in [7, 11) is 0. The first-order valence-electron chi connectivity index (χ1n) is 9.35. The summed E-state index contributed by atoms with van der Waals surface area (Å²) in [6.45, 7) is 0.992. The van der Waals surface area contributed by atoms with E-state index in [9.17, 15) is 18.0 Å². The normalized spacial score (nSPS) is 16.9. The van der Waals surface area contributed by atoms with Gasteiger partial charge < -0.3 is 9.64 Å². The summed E-state index contributed by atoms with van der Waals surface area (Å²) in [5.41, 5.74) is 0.688. The molecule has 0 spiro atoms. The van der Waals surface area contributed by atoms with E-state index in [1.165, 1.54) is 12.1 Å². The summed E-state index contributed by atoms with van der Waals surface area (Å²) in [6, 6.07) is 16.2. The van der Waals surface area contributed by atoms with Gasteiger partial charge in [0, 0.05) is 24.4 Å². The molecule has 0 N–H and O–H groups in total. The minimum Gasteiger partial charge on any atom is -0.472 e. The third kappa shape index (κ3) is 4.50. The summed E-state index contributed by atoms with van der Waals surface area (Å²) in [5.74, 6) is 0.396. The Kier molecular flexibility index (Phi) is 5.13. The number of alkyl halides is 3. The number of halogens is 3. The van der Waals surface area contributed by atoms with Crippen LogP contribution >= 0.6 is 0 Å². The van der Waals surface area contributed by atoms with Gasteiger partial charge in [-0.2, -0.15) is 13.2 Å². The maximum atomic E-state index is 12.6. The van der Waals surface area contributed by atoms with Crippen LogP contribution in [0, 0.1) is 0 Å². The van der Waals surface area contributed by atoms with Gasteiger partial charge in [-0.05, 0) is 29.8 Å². The third-order valence-electron chi connectivity index (χ3n) is 4.99. The Hall–Kier alpha value is -3.09. The number of hydrogen-bond donors (Lipinski definition) is 0. The molecular formula is C22H19F3N2O2. The molecule has 7 heteroatoms. The molecule has 1 saturated heterocycles. The molecule has 2 heterocycles. The molecule has 0 radical (unpaired) electrons. The minimum absolute atomic E-state index is 0.0685. The van der Waals surface area contributed by atoms with Gasteiger partial charge in [0.25, 0.3) is 0 Å². The number of aromatic nitrogens is 1. The molecule has 1 atom stereocenters. The molecule has 1 aliphatic heterocycles. The molecule has 1 fully saturated rings. The maximum Gasteiger partial charge on any atom is 0.416 e. The summed E-state index contributed by atoms with van der Waals surface area (Å²) >= 11 is 0. The summed E-state index contributed by atoms with van der Waals surface area (Å²) in [4.78, 5) is 18.7. The van der Waals surface area contributed by atoms with Crippen molar-refractivity contribution >= 4 is 16.8 Å². The zero-order chi connectivity index (χ0) is 20.4. The van der Waals surface area contributed by atoms with Crippen LogP contribution in [0.1, 0.15) is 17.5 Å². The number of nitrogens with zero attached hydrogens (tertiary/aromatic N) is 2. The van der Waals surface area contributed by atoms with Crippen LogP contribution in [0.4, 0.5) is 13.2 Å². The lowest BCUT2D eigenvalue weighted by molar-refractivity contribution is -0.137. The van der Waals surface area contributed by atoms with Crippen LogP contribution in [0.2, 0.25) is 0 Å². The van der Waals surface area contributed by atoms with Crippen molar-refractivity contribution < 1.29 is 22.7 Å². The molecule has 0 aliphatic carbocycles. The predicted molar refractivity (Wildman–Crippen MR) is 103 cm³/mol. The fourth-order valence-electron chi connectivity index (χ4n) is 3.43.